The van der Waals surface area contributed by atoms with Gasteiger partial charge in [0.1, 0.15) is 37.0 Å². The molecule has 0 spiro atoms. The van der Waals surface area contributed by atoms with Crippen LogP contribution in [0.25, 0.3) is 0 Å². The van der Waals surface area contributed by atoms with Crippen LogP contribution in [-0.4, -0.2) is 120 Å². The van der Waals surface area contributed by atoms with Crippen LogP contribution in [0.5, 0.6) is 0 Å². The highest BCUT2D eigenvalue weighted by Crippen LogP contribution is 2.30. The van der Waals surface area contributed by atoms with Gasteiger partial charge in [-0.15, -0.1) is 0 Å². The van der Waals surface area contributed by atoms with Gasteiger partial charge in [0.25, 0.3) is 0 Å². The summed E-state index contributed by atoms with van der Waals surface area (Å²) in [6.07, 6.45) is -12.0. The van der Waals surface area contributed by atoms with Gasteiger partial charge in [-0.25, -0.2) is 4.79 Å². The Bertz CT molecular complexity index is 1260. The minimum Gasteiger partial charge on any atom is -0.463 e. The molecule has 254 valence electrons. The molecule has 0 saturated carbocycles. The Morgan fingerprint density at radius 2 is 1.28 bits per heavy atom. The Balaban J connectivity index is 1.89. The van der Waals surface area contributed by atoms with E-state index in [1.807, 2.05) is 0 Å². The van der Waals surface area contributed by atoms with E-state index < -0.39 is 110 Å². The van der Waals surface area contributed by atoms with Gasteiger partial charge in [0.15, 0.2) is 30.9 Å². The van der Waals surface area contributed by atoms with Gasteiger partial charge in [0, 0.05) is 34.6 Å². The number of ether oxygens (including phenoxy) is 7. The first-order valence-corrected chi connectivity index (χ1v) is 14.2. The Kier molecular flexibility index (Phi) is 13.0. The number of aliphatic hydroxyl groups excluding tert-OH is 2. The van der Waals surface area contributed by atoms with E-state index in [2.05, 4.69) is 10.6 Å². The molecular weight excluding hydrogens is 616 g/mol. The largest absolute Gasteiger partial charge is 0.463 e. The average Bonchev–Trinajstić information content (AvgIpc) is 2.97. The summed E-state index contributed by atoms with van der Waals surface area (Å²) in [5, 5.41) is 26.9. The van der Waals surface area contributed by atoms with Gasteiger partial charge in [-0.1, -0.05) is 18.2 Å². The lowest BCUT2D eigenvalue weighted by atomic mass is 9.95. The normalized spacial score (nSPS) is 30.7. The minimum absolute atomic E-state index is 0.136. The number of rotatable bonds is 11. The van der Waals surface area contributed by atoms with Crippen molar-refractivity contribution in [2.24, 2.45) is 0 Å². The second kappa shape index (κ2) is 16.4. The van der Waals surface area contributed by atoms with E-state index in [-0.39, 0.29) is 5.56 Å². The number of hydrogen-bond acceptors (Lipinski definition) is 15. The topological polar surface area (TPSA) is 232 Å². The van der Waals surface area contributed by atoms with Crippen LogP contribution in [-0.2, 0) is 57.1 Å². The van der Waals surface area contributed by atoms with Crippen molar-refractivity contribution in [3.05, 3.63) is 35.9 Å². The third-order valence-corrected chi connectivity index (χ3v) is 6.81. The number of aliphatic hydroxyl groups is 2. The van der Waals surface area contributed by atoms with Gasteiger partial charge in [-0.3, -0.25) is 24.0 Å². The lowest BCUT2D eigenvalue weighted by Gasteiger charge is -2.46. The van der Waals surface area contributed by atoms with E-state index >= 15 is 0 Å². The maximum atomic E-state index is 12.9. The molecule has 0 aromatic heterocycles. The molecule has 2 fully saturated rings. The zero-order valence-electron chi connectivity index (χ0n) is 25.8. The minimum atomic E-state index is -1.79. The molecule has 1 aromatic carbocycles. The molecule has 4 N–H and O–H groups in total. The first-order chi connectivity index (χ1) is 21.7. The maximum Gasteiger partial charge on any atom is 0.338 e. The highest BCUT2D eigenvalue weighted by Gasteiger charge is 2.53. The predicted molar refractivity (Wildman–Crippen MR) is 150 cm³/mol. The molecule has 2 aliphatic rings. The SMILES string of the molecule is CC(=O)NC1C(O)OC(COC2OC(COC(C)=O)C(OC(C)=O)C(OC(C)=O)C2NC(C)=O)C(O)C1OC(=O)c1ccccc1. The fourth-order valence-corrected chi connectivity index (χ4v) is 4.99. The van der Waals surface area contributed by atoms with Crippen LogP contribution in [0.1, 0.15) is 45.0 Å². The van der Waals surface area contributed by atoms with Crippen molar-refractivity contribution >= 4 is 35.7 Å². The van der Waals surface area contributed by atoms with E-state index in [9.17, 15) is 39.0 Å². The van der Waals surface area contributed by atoms with Crippen molar-refractivity contribution in [2.75, 3.05) is 13.2 Å². The predicted octanol–water partition coefficient (Wildman–Crippen LogP) is -1.53. The monoisotopic (exact) mass is 654 g/mol. The summed E-state index contributed by atoms with van der Waals surface area (Å²) in [6, 6.07) is 5.10. The number of esters is 4. The van der Waals surface area contributed by atoms with Gasteiger partial charge in [0.2, 0.25) is 11.8 Å². The van der Waals surface area contributed by atoms with Crippen LogP contribution in [0.4, 0.5) is 0 Å². The summed E-state index contributed by atoms with van der Waals surface area (Å²) in [6.45, 7) is 4.55. The Hall–Kier alpha value is -4.16. The molecule has 2 aliphatic heterocycles. The van der Waals surface area contributed by atoms with Crippen LogP contribution in [0.15, 0.2) is 30.3 Å². The van der Waals surface area contributed by atoms with Crippen LogP contribution in [0.3, 0.4) is 0 Å². The zero-order valence-corrected chi connectivity index (χ0v) is 25.8. The summed E-state index contributed by atoms with van der Waals surface area (Å²) >= 11 is 0. The van der Waals surface area contributed by atoms with Gasteiger partial charge < -0.3 is 54.0 Å². The van der Waals surface area contributed by atoms with E-state index in [0.717, 1.165) is 34.6 Å². The number of hydrogen-bond donors (Lipinski definition) is 4. The van der Waals surface area contributed by atoms with Crippen molar-refractivity contribution in [2.45, 2.75) is 95.9 Å². The average molecular weight is 655 g/mol. The second-order valence-electron chi connectivity index (χ2n) is 10.6. The van der Waals surface area contributed by atoms with E-state index in [1.54, 1.807) is 18.2 Å². The fraction of sp³-hybridized carbons (Fsp3) is 0.586. The van der Waals surface area contributed by atoms with Crippen molar-refractivity contribution in [1.29, 1.82) is 0 Å². The Morgan fingerprint density at radius 1 is 0.696 bits per heavy atom. The quantitative estimate of drug-likeness (QED) is 0.157. The van der Waals surface area contributed by atoms with Crippen LogP contribution < -0.4 is 10.6 Å². The molecule has 2 amide bonds. The lowest BCUT2D eigenvalue weighted by Crippen LogP contribution is -2.68. The second-order valence-corrected chi connectivity index (χ2v) is 10.6. The Labute approximate surface area is 263 Å². The Morgan fingerprint density at radius 3 is 1.85 bits per heavy atom. The summed E-state index contributed by atoms with van der Waals surface area (Å²) < 4.78 is 38.6. The number of amides is 2. The molecule has 46 heavy (non-hydrogen) atoms. The summed E-state index contributed by atoms with van der Waals surface area (Å²) in [4.78, 5) is 72.5. The molecule has 2 heterocycles. The van der Waals surface area contributed by atoms with Crippen LogP contribution in [0, 0.1) is 0 Å². The molecule has 10 atom stereocenters. The summed E-state index contributed by atoms with van der Waals surface area (Å²) in [5.74, 6) is -4.39. The van der Waals surface area contributed by atoms with Gasteiger partial charge in [-0.05, 0) is 12.1 Å². The third-order valence-electron chi connectivity index (χ3n) is 6.81. The molecule has 0 aliphatic carbocycles. The van der Waals surface area contributed by atoms with Gasteiger partial charge in [-0.2, -0.15) is 0 Å². The number of benzene rings is 1. The summed E-state index contributed by atoms with van der Waals surface area (Å²) in [5.41, 5.74) is 0.136. The van der Waals surface area contributed by atoms with Gasteiger partial charge >= 0.3 is 23.9 Å². The zero-order chi connectivity index (χ0) is 34.1. The standard InChI is InChI=1S/C29H38N2O15/c1-13(32)30-21-25(46-27(38)18-9-7-6-8-10-18)23(37)19(44-28(21)39)11-41-29-22(31-14(2)33)26(43-17(5)36)24(42-16(4)35)20(45-29)12-40-15(3)34/h6-10,19-26,28-29,37,39H,11-12H2,1-5H3,(H,30,32)(H,31,33). The van der Waals surface area contributed by atoms with Crippen molar-refractivity contribution in [3.8, 4) is 0 Å². The first-order valence-electron chi connectivity index (χ1n) is 14.2. The highest BCUT2D eigenvalue weighted by molar-refractivity contribution is 5.89. The van der Waals surface area contributed by atoms with Crippen molar-refractivity contribution in [3.63, 3.8) is 0 Å². The van der Waals surface area contributed by atoms with Crippen LogP contribution in [0.2, 0.25) is 0 Å². The lowest BCUT2D eigenvalue weighted by molar-refractivity contribution is -0.300. The fourth-order valence-electron chi connectivity index (χ4n) is 4.99. The molecule has 1 aromatic rings. The maximum absolute atomic E-state index is 12.9. The van der Waals surface area contributed by atoms with E-state index in [1.165, 1.54) is 12.1 Å². The molecule has 17 nitrogen and oxygen atoms in total. The highest BCUT2D eigenvalue weighted by atomic mass is 16.7. The molecular formula is C29H38N2O15. The molecule has 0 radical (unpaired) electrons. The van der Waals surface area contributed by atoms with Gasteiger partial charge in [0.05, 0.1) is 12.2 Å². The number of carbonyl (C=O) groups excluding carboxylic acids is 6. The molecule has 17 heteroatoms. The van der Waals surface area contributed by atoms with E-state index in [0.29, 0.717) is 0 Å². The molecule has 10 unspecified atom stereocenters. The van der Waals surface area contributed by atoms with Crippen molar-refractivity contribution < 1.29 is 72.1 Å². The first kappa shape index (κ1) is 36.3. The smallest absolute Gasteiger partial charge is 0.338 e. The van der Waals surface area contributed by atoms with Crippen LogP contribution >= 0.6 is 0 Å². The van der Waals surface area contributed by atoms with Crippen molar-refractivity contribution in [1.82, 2.24) is 10.6 Å². The summed E-state index contributed by atoms with van der Waals surface area (Å²) in [7, 11) is 0. The third kappa shape index (κ3) is 9.92. The molecule has 3 rings (SSSR count). The number of carbonyl (C=O) groups is 6. The molecule has 0 bridgehead atoms. The molecule has 2 saturated heterocycles. The number of nitrogens with one attached hydrogen (secondary N) is 2. The van der Waals surface area contributed by atoms with E-state index in [4.69, 9.17) is 33.2 Å².